The molecule has 1 unspecified atom stereocenters. The molecule has 118 valence electrons. The minimum absolute atomic E-state index is 0.696. The standard InChI is InChI=1S/C16H32N2O2/c1-13(2)14-7-11-18(12-8-14)10-6-5-9-16(3,17-4)15(19)20/h13-14,17H,5-12H2,1-4H3,(H,19,20). The highest BCUT2D eigenvalue weighted by Gasteiger charge is 2.30. The van der Waals surface area contributed by atoms with Gasteiger partial charge in [-0.25, -0.2) is 0 Å². The van der Waals surface area contributed by atoms with Gasteiger partial charge in [0.25, 0.3) is 0 Å². The number of piperidine rings is 1. The number of carbonyl (C=O) groups is 1. The van der Waals surface area contributed by atoms with Crippen molar-refractivity contribution in [1.82, 2.24) is 10.2 Å². The van der Waals surface area contributed by atoms with Gasteiger partial charge in [-0.3, -0.25) is 4.79 Å². The summed E-state index contributed by atoms with van der Waals surface area (Å²) in [6, 6.07) is 0. The Labute approximate surface area is 123 Å². The molecule has 1 fully saturated rings. The first-order chi connectivity index (χ1) is 9.39. The summed E-state index contributed by atoms with van der Waals surface area (Å²) in [6.45, 7) is 9.96. The van der Waals surface area contributed by atoms with Crippen LogP contribution < -0.4 is 5.32 Å². The maximum atomic E-state index is 11.2. The molecule has 1 aliphatic rings. The highest BCUT2D eigenvalue weighted by atomic mass is 16.4. The smallest absolute Gasteiger partial charge is 0.323 e. The molecule has 1 saturated heterocycles. The highest BCUT2D eigenvalue weighted by Crippen LogP contribution is 2.24. The highest BCUT2D eigenvalue weighted by molar-refractivity contribution is 5.78. The molecule has 4 heteroatoms. The summed E-state index contributed by atoms with van der Waals surface area (Å²) in [5, 5.41) is 12.1. The normalized spacial score (nSPS) is 21.1. The number of likely N-dealkylation sites (tertiary alicyclic amines) is 1. The van der Waals surface area contributed by atoms with Crippen LogP contribution in [0.5, 0.6) is 0 Å². The number of likely N-dealkylation sites (N-methyl/N-ethyl adjacent to an activating group) is 1. The number of carboxylic acid groups (broad SMARTS) is 1. The van der Waals surface area contributed by atoms with Crippen LogP contribution in [0, 0.1) is 11.8 Å². The van der Waals surface area contributed by atoms with Gasteiger partial charge in [0.1, 0.15) is 5.54 Å². The van der Waals surface area contributed by atoms with E-state index < -0.39 is 11.5 Å². The van der Waals surface area contributed by atoms with Gasteiger partial charge in [0.05, 0.1) is 0 Å². The maximum Gasteiger partial charge on any atom is 0.323 e. The summed E-state index contributed by atoms with van der Waals surface area (Å²) in [4.78, 5) is 13.7. The zero-order valence-corrected chi connectivity index (χ0v) is 13.6. The van der Waals surface area contributed by atoms with E-state index in [-0.39, 0.29) is 0 Å². The Hall–Kier alpha value is -0.610. The fourth-order valence-corrected chi connectivity index (χ4v) is 3.00. The lowest BCUT2D eigenvalue weighted by Crippen LogP contribution is -2.47. The lowest BCUT2D eigenvalue weighted by Gasteiger charge is -2.34. The zero-order chi connectivity index (χ0) is 15.2. The van der Waals surface area contributed by atoms with Crippen LogP contribution in [0.1, 0.15) is 52.9 Å². The van der Waals surface area contributed by atoms with Crippen LogP contribution >= 0.6 is 0 Å². The van der Waals surface area contributed by atoms with E-state index >= 15 is 0 Å². The first kappa shape index (κ1) is 17.4. The van der Waals surface area contributed by atoms with Crippen LogP contribution in [0.4, 0.5) is 0 Å². The molecule has 0 amide bonds. The molecule has 0 saturated carbocycles. The third-order valence-electron chi connectivity index (χ3n) is 5.00. The lowest BCUT2D eigenvalue weighted by atomic mass is 9.86. The minimum atomic E-state index is -0.773. The van der Waals surface area contributed by atoms with Crippen molar-refractivity contribution in [1.29, 1.82) is 0 Å². The fourth-order valence-electron chi connectivity index (χ4n) is 3.00. The molecule has 1 rings (SSSR count). The number of unbranched alkanes of at least 4 members (excludes halogenated alkanes) is 1. The number of nitrogens with zero attached hydrogens (tertiary/aromatic N) is 1. The number of carboxylic acids is 1. The molecular weight excluding hydrogens is 252 g/mol. The number of nitrogens with one attached hydrogen (secondary N) is 1. The molecule has 0 aliphatic carbocycles. The van der Waals surface area contributed by atoms with Crippen molar-refractivity contribution >= 4 is 5.97 Å². The van der Waals surface area contributed by atoms with Crippen LogP contribution in [-0.4, -0.2) is 48.2 Å². The molecule has 0 radical (unpaired) electrons. The van der Waals surface area contributed by atoms with Gasteiger partial charge < -0.3 is 15.3 Å². The quantitative estimate of drug-likeness (QED) is 0.673. The predicted molar refractivity (Wildman–Crippen MR) is 83.0 cm³/mol. The second-order valence-electron chi connectivity index (χ2n) is 6.77. The Balaban J connectivity index is 2.18. The average molecular weight is 284 g/mol. The van der Waals surface area contributed by atoms with E-state index in [2.05, 4.69) is 24.1 Å². The Morgan fingerprint density at radius 1 is 1.35 bits per heavy atom. The summed E-state index contributed by atoms with van der Waals surface area (Å²) in [6.07, 6.45) is 5.40. The summed E-state index contributed by atoms with van der Waals surface area (Å²) >= 11 is 0. The predicted octanol–water partition coefficient (Wildman–Crippen LogP) is 2.59. The molecule has 0 bridgehead atoms. The fraction of sp³-hybridized carbons (Fsp3) is 0.938. The third-order valence-corrected chi connectivity index (χ3v) is 5.00. The van der Waals surface area contributed by atoms with E-state index in [4.69, 9.17) is 0 Å². The van der Waals surface area contributed by atoms with Gasteiger partial charge in [-0.1, -0.05) is 13.8 Å². The molecule has 1 atom stereocenters. The van der Waals surface area contributed by atoms with Crippen molar-refractivity contribution in [3.05, 3.63) is 0 Å². The monoisotopic (exact) mass is 284 g/mol. The van der Waals surface area contributed by atoms with Gasteiger partial charge in [-0.15, -0.1) is 0 Å². The number of aliphatic carboxylic acids is 1. The molecule has 1 heterocycles. The van der Waals surface area contributed by atoms with Gasteiger partial charge in [-0.05, 0) is 77.5 Å². The van der Waals surface area contributed by atoms with Gasteiger partial charge >= 0.3 is 5.97 Å². The molecule has 2 N–H and O–H groups in total. The van der Waals surface area contributed by atoms with E-state index in [1.165, 1.54) is 25.9 Å². The van der Waals surface area contributed by atoms with Gasteiger partial charge in [-0.2, -0.15) is 0 Å². The Morgan fingerprint density at radius 2 is 1.95 bits per heavy atom. The third kappa shape index (κ3) is 5.06. The zero-order valence-electron chi connectivity index (χ0n) is 13.6. The van der Waals surface area contributed by atoms with Gasteiger partial charge in [0, 0.05) is 0 Å². The van der Waals surface area contributed by atoms with Crippen molar-refractivity contribution in [2.75, 3.05) is 26.7 Å². The van der Waals surface area contributed by atoms with Crippen molar-refractivity contribution in [3.8, 4) is 0 Å². The van der Waals surface area contributed by atoms with Crippen molar-refractivity contribution in [3.63, 3.8) is 0 Å². The van der Waals surface area contributed by atoms with E-state index in [9.17, 15) is 9.90 Å². The Kier molecular flexibility index (Phi) is 6.96. The van der Waals surface area contributed by atoms with Crippen molar-refractivity contribution in [2.24, 2.45) is 11.8 Å². The topological polar surface area (TPSA) is 52.6 Å². The van der Waals surface area contributed by atoms with Crippen LogP contribution in [0.15, 0.2) is 0 Å². The Bertz CT molecular complexity index is 299. The number of rotatable bonds is 8. The van der Waals surface area contributed by atoms with E-state index in [0.29, 0.717) is 6.42 Å². The lowest BCUT2D eigenvalue weighted by molar-refractivity contribution is -0.144. The van der Waals surface area contributed by atoms with Crippen LogP contribution in [0.3, 0.4) is 0 Å². The maximum absolute atomic E-state index is 11.2. The number of hydrogen-bond donors (Lipinski definition) is 2. The van der Waals surface area contributed by atoms with E-state index in [1.54, 1.807) is 14.0 Å². The summed E-state index contributed by atoms with van der Waals surface area (Å²) in [5.41, 5.74) is -0.773. The first-order valence-electron chi connectivity index (χ1n) is 8.03. The largest absolute Gasteiger partial charge is 0.480 e. The second-order valence-corrected chi connectivity index (χ2v) is 6.77. The van der Waals surface area contributed by atoms with Crippen LogP contribution in [-0.2, 0) is 4.79 Å². The van der Waals surface area contributed by atoms with Crippen molar-refractivity contribution in [2.45, 2.75) is 58.4 Å². The van der Waals surface area contributed by atoms with Crippen LogP contribution in [0.2, 0.25) is 0 Å². The Morgan fingerprint density at radius 3 is 2.40 bits per heavy atom. The molecule has 0 aromatic rings. The van der Waals surface area contributed by atoms with Crippen molar-refractivity contribution < 1.29 is 9.90 Å². The molecule has 0 aromatic heterocycles. The van der Waals surface area contributed by atoms with Crippen LogP contribution in [0.25, 0.3) is 0 Å². The minimum Gasteiger partial charge on any atom is -0.480 e. The summed E-state index contributed by atoms with van der Waals surface area (Å²) in [7, 11) is 1.73. The molecule has 0 spiro atoms. The van der Waals surface area contributed by atoms with Gasteiger partial charge in [0.15, 0.2) is 0 Å². The molecule has 0 aromatic carbocycles. The summed E-state index contributed by atoms with van der Waals surface area (Å²) < 4.78 is 0. The van der Waals surface area contributed by atoms with E-state index in [1.807, 2.05) is 0 Å². The average Bonchev–Trinajstić information content (AvgIpc) is 2.43. The molecule has 1 aliphatic heterocycles. The molecular formula is C16H32N2O2. The number of hydrogen-bond acceptors (Lipinski definition) is 3. The van der Waals surface area contributed by atoms with Gasteiger partial charge in [0.2, 0.25) is 0 Å². The first-order valence-corrected chi connectivity index (χ1v) is 8.03. The van der Waals surface area contributed by atoms with E-state index in [0.717, 1.165) is 31.2 Å². The SMILES string of the molecule is CNC(C)(CCCCN1CCC(C(C)C)CC1)C(=O)O. The molecule has 4 nitrogen and oxygen atoms in total. The second kappa shape index (κ2) is 7.99. The molecule has 20 heavy (non-hydrogen) atoms. The summed E-state index contributed by atoms with van der Waals surface area (Å²) in [5.74, 6) is 0.952.